The van der Waals surface area contributed by atoms with E-state index in [2.05, 4.69) is 10.3 Å². The molecule has 0 spiro atoms. The van der Waals surface area contributed by atoms with Crippen LogP contribution < -0.4 is 16.8 Å². The van der Waals surface area contributed by atoms with E-state index in [0.717, 1.165) is 0 Å². The smallest absolute Gasteiger partial charge is 0.259 e. The van der Waals surface area contributed by atoms with Crippen molar-refractivity contribution in [2.24, 2.45) is 5.73 Å². The number of anilines is 2. The second kappa shape index (κ2) is 5.18. The van der Waals surface area contributed by atoms with Gasteiger partial charge in [-0.05, 0) is 36.4 Å². The highest BCUT2D eigenvalue weighted by Gasteiger charge is 2.10. The molecule has 0 aliphatic carbocycles. The van der Waals surface area contributed by atoms with E-state index in [-0.39, 0.29) is 11.7 Å². The Labute approximate surface area is 109 Å². The van der Waals surface area contributed by atoms with Gasteiger partial charge in [-0.25, -0.2) is 4.98 Å². The fourth-order valence-corrected chi connectivity index (χ4v) is 1.53. The summed E-state index contributed by atoms with van der Waals surface area (Å²) in [5, 5.41) is 2.65. The molecule has 19 heavy (non-hydrogen) atoms. The molecule has 2 rings (SSSR count). The third-order valence-corrected chi connectivity index (χ3v) is 2.51. The Hall–Kier alpha value is -2.89. The molecule has 1 heterocycles. The summed E-state index contributed by atoms with van der Waals surface area (Å²) >= 11 is 0. The zero-order valence-corrected chi connectivity index (χ0v) is 9.96. The van der Waals surface area contributed by atoms with E-state index < -0.39 is 5.91 Å². The SMILES string of the molecule is NC(=O)c1ccc(NC(=O)c2cccnc2N)cc1. The molecule has 5 N–H and O–H groups in total. The summed E-state index contributed by atoms with van der Waals surface area (Å²) in [4.78, 5) is 26.7. The summed E-state index contributed by atoms with van der Waals surface area (Å²) in [7, 11) is 0. The second-order valence-electron chi connectivity index (χ2n) is 3.83. The Kier molecular flexibility index (Phi) is 3.42. The fraction of sp³-hybridized carbons (Fsp3) is 0. The number of aromatic nitrogens is 1. The van der Waals surface area contributed by atoms with Gasteiger partial charge in [0.1, 0.15) is 5.82 Å². The number of hydrogen-bond acceptors (Lipinski definition) is 4. The van der Waals surface area contributed by atoms with Crippen LogP contribution in [-0.2, 0) is 0 Å². The maximum Gasteiger partial charge on any atom is 0.259 e. The number of nitrogens with one attached hydrogen (secondary N) is 1. The zero-order valence-electron chi connectivity index (χ0n) is 9.96. The second-order valence-corrected chi connectivity index (χ2v) is 3.83. The Morgan fingerprint density at radius 1 is 1.11 bits per heavy atom. The third-order valence-electron chi connectivity index (χ3n) is 2.51. The molecule has 2 aromatic rings. The molecule has 1 aromatic carbocycles. The van der Waals surface area contributed by atoms with Gasteiger partial charge >= 0.3 is 0 Å². The van der Waals surface area contributed by atoms with Gasteiger partial charge in [0.05, 0.1) is 5.56 Å². The monoisotopic (exact) mass is 256 g/mol. The average Bonchev–Trinajstić information content (AvgIpc) is 2.39. The number of nitrogen functional groups attached to an aromatic ring is 1. The Bertz CT molecular complexity index is 623. The molecular formula is C13H12N4O2. The minimum Gasteiger partial charge on any atom is -0.383 e. The lowest BCUT2D eigenvalue weighted by atomic mass is 10.2. The van der Waals surface area contributed by atoms with Crippen LogP contribution >= 0.6 is 0 Å². The van der Waals surface area contributed by atoms with Crippen molar-refractivity contribution in [3.8, 4) is 0 Å². The van der Waals surface area contributed by atoms with Crippen molar-refractivity contribution in [3.05, 3.63) is 53.7 Å². The first-order chi connectivity index (χ1) is 9.08. The van der Waals surface area contributed by atoms with Crippen LogP contribution in [0.25, 0.3) is 0 Å². The van der Waals surface area contributed by atoms with E-state index in [0.29, 0.717) is 16.8 Å². The summed E-state index contributed by atoms with van der Waals surface area (Å²) in [5.74, 6) is -0.722. The van der Waals surface area contributed by atoms with Crippen LogP contribution in [0.1, 0.15) is 20.7 Å². The Balaban J connectivity index is 2.15. The summed E-state index contributed by atoms with van der Waals surface area (Å²) < 4.78 is 0. The number of rotatable bonds is 3. The van der Waals surface area contributed by atoms with E-state index in [1.54, 1.807) is 24.3 Å². The van der Waals surface area contributed by atoms with Crippen molar-refractivity contribution >= 4 is 23.3 Å². The molecule has 6 heteroatoms. The van der Waals surface area contributed by atoms with Crippen LogP contribution in [-0.4, -0.2) is 16.8 Å². The minimum atomic E-state index is -0.519. The number of amides is 2. The van der Waals surface area contributed by atoms with Gasteiger partial charge in [0.2, 0.25) is 5.91 Å². The summed E-state index contributed by atoms with van der Waals surface area (Å²) in [6.45, 7) is 0. The molecule has 0 atom stereocenters. The van der Waals surface area contributed by atoms with Crippen molar-refractivity contribution in [2.45, 2.75) is 0 Å². The van der Waals surface area contributed by atoms with E-state index in [1.165, 1.54) is 18.3 Å². The Morgan fingerprint density at radius 2 is 1.79 bits per heavy atom. The number of carbonyl (C=O) groups is 2. The maximum absolute atomic E-state index is 11.9. The summed E-state index contributed by atoms with van der Waals surface area (Å²) in [5.41, 5.74) is 11.9. The van der Waals surface area contributed by atoms with Gasteiger partial charge in [0, 0.05) is 17.4 Å². The predicted octanol–water partition coefficient (Wildman–Crippen LogP) is 1.01. The van der Waals surface area contributed by atoms with Gasteiger partial charge in [0.25, 0.3) is 5.91 Å². The lowest BCUT2D eigenvalue weighted by Crippen LogP contribution is -2.15. The molecule has 2 amide bonds. The molecule has 0 bridgehead atoms. The van der Waals surface area contributed by atoms with Gasteiger partial charge in [0.15, 0.2) is 0 Å². The summed E-state index contributed by atoms with van der Waals surface area (Å²) in [6, 6.07) is 9.45. The zero-order chi connectivity index (χ0) is 13.8. The molecule has 0 unspecified atom stereocenters. The molecule has 0 radical (unpaired) electrons. The number of pyridine rings is 1. The normalized spacial score (nSPS) is 9.89. The number of hydrogen-bond donors (Lipinski definition) is 3. The maximum atomic E-state index is 11.9. The molecule has 0 fully saturated rings. The van der Waals surface area contributed by atoms with Gasteiger partial charge in [-0.1, -0.05) is 0 Å². The van der Waals surface area contributed by atoms with Crippen molar-refractivity contribution < 1.29 is 9.59 Å². The standard InChI is InChI=1S/C13H12N4O2/c14-11-10(2-1-7-16-11)13(19)17-9-5-3-8(4-6-9)12(15)18/h1-7H,(H2,14,16)(H2,15,18)(H,17,19). The fourth-order valence-electron chi connectivity index (χ4n) is 1.53. The topological polar surface area (TPSA) is 111 Å². The van der Waals surface area contributed by atoms with Crippen molar-refractivity contribution in [2.75, 3.05) is 11.1 Å². The van der Waals surface area contributed by atoms with E-state index in [4.69, 9.17) is 11.5 Å². The van der Waals surface area contributed by atoms with Crippen molar-refractivity contribution in [1.82, 2.24) is 4.98 Å². The quantitative estimate of drug-likeness (QED) is 0.761. The van der Waals surface area contributed by atoms with Crippen molar-refractivity contribution in [3.63, 3.8) is 0 Å². The van der Waals surface area contributed by atoms with E-state index in [1.807, 2.05) is 0 Å². The van der Waals surface area contributed by atoms with Gasteiger partial charge in [-0.15, -0.1) is 0 Å². The van der Waals surface area contributed by atoms with Crippen LogP contribution in [0.3, 0.4) is 0 Å². The number of benzene rings is 1. The lowest BCUT2D eigenvalue weighted by Gasteiger charge is -2.07. The van der Waals surface area contributed by atoms with Gasteiger partial charge in [-0.3, -0.25) is 9.59 Å². The van der Waals surface area contributed by atoms with Crippen LogP contribution in [0.4, 0.5) is 11.5 Å². The first-order valence-corrected chi connectivity index (χ1v) is 5.49. The number of nitrogens with zero attached hydrogens (tertiary/aromatic N) is 1. The molecule has 0 saturated heterocycles. The van der Waals surface area contributed by atoms with Crippen LogP contribution in [0, 0.1) is 0 Å². The lowest BCUT2D eigenvalue weighted by molar-refractivity contribution is 0.0998. The molecule has 96 valence electrons. The van der Waals surface area contributed by atoms with Crippen LogP contribution in [0.2, 0.25) is 0 Å². The number of nitrogens with two attached hydrogens (primary N) is 2. The molecular weight excluding hydrogens is 244 g/mol. The first kappa shape index (κ1) is 12.6. The largest absolute Gasteiger partial charge is 0.383 e. The molecule has 0 aliphatic rings. The minimum absolute atomic E-state index is 0.161. The van der Waals surface area contributed by atoms with Crippen molar-refractivity contribution in [1.29, 1.82) is 0 Å². The van der Waals surface area contributed by atoms with Gasteiger partial charge in [-0.2, -0.15) is 0 Å². The average molecular weight is 256 g/mol. The predicted molar refractivity (Wildman–Crippen MR) is 71.6 cm³/mol. The molecule has 0 saturated carbocycles. The Morgan fingerprint density at radius 3 is 2.37 bits per heavy atom. The van der Waals surface area contributed by atoms with E-state index in [9.17, 15) is 9.59 Å². The highest BCUT2D eigenvalue weighted by molar-refractivity contribution is 6.07. The third kappa shape index (κ3) is 2.86. The highest BCUT2D eigenvalue weighted by Crippen LogP contribution is 2.13. The molecule has 0 aliphatic heterocycles. The summed E-state index contributed by atoms with van der Waals surface area (Å²) in [6.07, 6.45) is 1.51. The van der Waals surface area contributed by atoms with E-state index >= 15 is 0 Å². The van der Waals surface area contributed by atoms with Gasteiger partial charge < -0.3 is 16.8 Å². The first-order valence-electron chi connectivity index (χ1n) is 5.49. The molecule has 1 aromatic heterocycles. The van der Waals surface area contributed by atoms with Crippen LogP contribution in [0.15, 0.2) is 42.6 Å². The van der Waals surface area contributed by atoms with Crippen LogP contribution in [0.5, 0.6) is 0 Å². The highest BCUT2D eigenvalue weighted by atomic mass is 16.2. The molecule has 6 nitrogen and oxygen atoms in total. The number of primary amides is 1. The number of carbonyl (C=O) groups excluding carboxylic acids is 2.